The molecule has 3 atom stereocenters. The van der Waals surface area contributed by atoms with Gasteiger partial charge in [0.2, 0.25) is 0 Å². The zero-order chi connectivity index (χ0) is 7.56. The minimum absolute atomic E-state index is 0. The zero-order valence-electron chi connectivity index (χ0n) is 8.31. The van der Waals surface area contributed by atoms with Gasteiger partial charge < -0.3 is 12.4 Å². The van der Waals surface area contributed by atoms with E-state index in [4.69, 9.17) is 5.84 Å². The second-order valence-electron chi connectivity index (χ2n) is 3.67. The summed E-state index contributed by atoms with van der Waals surface area (Å²) in [4.78, 5) is 0. The first kappa shape index (κ1) is 11.2. The molecule has 0 saturated heterocycles. The molecule has 3 unspecified atom stereocenters. The maximum absolute atomic E-state index is 5.39. The van der Waals surface area contributed by atoms with Crippen molar-refractivity contribution in [2.75, 3.05) is 0 Å². The van der Waals surface area contributed by atoms with E-state index >= 15 is 0 Å². The summed E-state index contributed by atoms with van der Waals surface area (Å²) in [6.45, 7) is 4.60. The zero-order valence-corrected chi connectivity index (χ0v) is 8.06. The largest absolute Gasteiger partial charge is 1.00 e. The summed E-state index contributed by atoms with van der Waals surface area (Å²) in [6.07, 6.45) is 3.91. The van der Waals surface area contributed by atoms with Gasteiger partial charge in [-0.3, -0.25) is 11.3 Å². The number of nitrogens with two attached hydrogens (primary N) is 1. The van der Waals surface area contributed by atoms with E-state index in [9.17, 15) is 0 Å². The van der Waals surface area contributed by atoms with Gasteiger partial charge in [-0.1, -0.05) is 13.8 Å². The van der Waals surface area contributed by atoms with E-state index in [0.29, 0.717) is 6.04 Å². The average molecular weight is 179 g/mol. The van der Waals surface area contributed by atoms with E-state index in [0.717, 1.165) is 11.8 Å². The van der Waals surface area contributed by atoms with Crippen LogP contribution in [0.15, 0.2) is 0 Å². The van der Waals surface area contributed by atoms with E-state index in [-0.39, 0.29) is 13.8 Å². The Bertz CT molecular complexity index is 113. The summed E-state index contributed by atoms with van der Waals surface area (Å²) in [7, 11) is 0. The molecule has 1 saturated carbocycles. The number of hydrazine groups is 1. The van der Waals surface area contributed by atoms with Crippen molar-refractivity contribution in [2.24, 2.45) is 17.7 Å². The molecule has 0 radical (unpaired) electrons. The molecular formula is C8H19ClN2. The third kappa shape index (κ3) is 2.97. The van der Waals surface area contributed by atoms with Crippen LogP contribution in [0.5, 0.6) is 0 Å². The lowest BCUT2D eigenvalue weighted by Crippen LogP contribution is -3.00. The molecular weight excluding hydrogens is 160 g/mol. The van der Waals surface area contributed by atoms with Gasteiger partial charge in [0.1, 0.15) is 0 Å². The third-order valence-corrected chi connectivity index (χ3v) is 2.65. The molecule has 1 fully saturated rings. The van der Waals surface area contributed by atoms with Crippen LogP contribution in [0.2, 0.25) is 0 Å². The van der Waals surface area contributed by atoms with Crippen LogP contribution in [-0.4, -0.2) is 6.04 Å². The van der Waals surface area contributed by atoms with Crippen LogP contribution in [-0.2, 0) is 0 Å². The van der Waals surface area contributed by atoms with Crippen molar-refractivity contribution in [1.82, 2.24) is 5.43 Å². The molecule has 3 heteroatoms. The minimum Gasteiger partial charge on any atom is -1.00 e. The standard InChI is InChI=1S/C8H18N2.ClH/c1-6-3-4-8(10-9)7(2)5-6;/h6-8,10H,3-5,9H2,1-2H3;1H. The van der Waals surface area contributed by atoms with Gasteiger partial charge in [-0.05, 0) is 31.1 Å². The Morgan fingerprint density at radius 2 is 2.00 bits per heavy atom. The number of hydrogen-bond acceptors (Lipinski definition) is 2. The molecule has 2 nitrogen and oxygen atoms in total. The molecule has 0 spiro atoms. The molecule has 0 bridgehead atoms. The second kappa shape index (κ2) is 4.96. The van der Waals surface area contributed by atoms with Crippen molar-refractivity contribution in [1.29, 1.82) is 0 Å². The molecule has 11 heavy (non-hydrogen) atoms. The topological polar surface area (TPSA) is 38.0 Å². The van der Waals surface area contributed by atoms with Crippen molar-refractivity contribution in [2.45, 2.75) is 39.2 Å². The Morgan fingerprint density at radius 3 is 2.45 bits per heavy atom. The molecule has 0 aromatic carbocycles. The first-order chi connectivity index (χ1) is 4.74. The summed E-state index contributed by atoms with van der Waals surface area (Å²) >= 11 is 0. The molecule has 1 rings (SSSR count). The summed E-state index contributed by atoms with van der Waals surface area (Å²) < 4.78 is 0. The Hall–Kier alpha value is 0.210. The highest BCUT2D eigenvalue weighted by atomic mass is 35.5. The highest BCUT2D eigenvalue weighted by Crippen LogP contribution is 2.27. The minimum atomic E-state index is 0. The predicted octanol–water partition coefficient (Wildman–Crippen LogP) is -1.61. The molecule has 0 heterocycles. The fourth-order valence-electron chi connectivity index (χ4n) is 1.91. The van der Waals surface area contributed by atoms with Crippen LogP contribution in [0, 0.1) is 11.8 Å². The summed E-state index contributed by atoms with van der Waals surface area (Å²) in [5, 5.41) is 0. The molecule has 0 aromatic rings. The monoisotopic (exact) mass is 178 g/mol. The fourth-order valence-corrected chi connectivity index (χ4v) is 1.91. The van der Waals surface area contributed by atoms with Gasteiger partial charge in [-0.15, -0.1) is 0 Å². The van der Waals surface area contributed by atoms with Crippen LogP contribution in [0.1, 0.15) is 34.5 Å². The molecule has 3 N–H and O–H groups in total. The molecule has 0 aliphatic heterocycles. The second-order valence-corrected chi connectivity index (χ2v) is 3.67. The van der Waals surface area contributed by atoms with Crippen LogP contribution in [0.4, 0.5) is 0 Å². The van der Waals surface area contributed by atoms with E-state index in [1.807, 2.05) is 0 Å². The first-order valence-corrected chi connectivity index (χ1v) is 4.20. The van der Waals surface area contributed by atoms with Crippen molar-refractivity contribution in [3.8, 4) is 0 Å². The van der Waals surface area contributed by atoms with Gasteiger partial charge in [0.05, 0.1) is 0 Å². The first-order valence-electron chi connectivity index (χ1n) is 4.20. The van der Waals surface area contributed by atoms with Crippen LogP contribution < -0.4 is 23.7 Å². The SMILES string of the molecule is CC1CCC(NN)C(C)C1.[Cl-].[H+]. The van der Waals surface area contributed by atoms with Gasteiger partial charge in [-0.25, -0.2) is 0 Å². The Labute approximate surface area is 76.8 Å². The predicted molar refractivity (Wildman–Crippen MR) is 44.4 cm³/mol. The van der Waals surface area contributed by atoms with Crippen LogP contribution in [0.3, 0.4) is 0 Å². The smallest absolute Gasteiger partial charge is 1.00 e. The molecule has 0 amide bonds. The maximum Gasteiger partial charge on any atom is 1.00 e. The third-order valence-electron chi connectivity index (χ3n) is 2.65. The number of halogens is 1. The van der Waals surface area contributed by atoms with Crippen molar-refractivity contribution >= 4 is 0 Å². The highest BCUT2D eigenvalue weighted by molar-refractivity contribution is 4.78. The van der Waals surface area contributed by atoms with Crippen molar-refractivity contribution in [3.63, 3.8) is 0 Å². The number of hydrogen-bond donors (Lipinski definition) is 2. The van der Waals surface area contributed by atoms with E-state index in [1.165, 1.54) is 19.3 Å². The van der Waals surface area contributed by atoms with E-state index < -0.39 is 0 Å². The molecule has 1 aliphatic carbocycles. The van der Waals surface area contributed by atoms with Gasteiger partial charge in [0.25, 0.3) is 0 Å². The quantitative estimate of drug-likeness (QED) is 0.375. The van der Waals surface area contributed by atoms with E-state index in [2.05, 4.69) is 19.3 Å². The maximum atomic E-state index is 5.39. The molecule has 1 aliphatic rings. The van der Waals surface area contributed by atoms with E-state index in [1.54, 1.807) is 0 Å². The van der Waals surface area contributed by atoms with Gasteiger partial charge >= 0.3 is 1.43 Å². The van der Waals surface area contributed by atoms with Crippen molar-refractivity contribution < 1.29 is 13.8 Å². The highest BCUT2D eigenvalue weighted by Gasteiger charge is 2.23. The van der Waals surface area contributed by atoms with Crippen LogP contribution >= 0.6 is 0 Å². The lowest BCUT2D eigenvalue weighted by atomic mass is 9.80. The summed E-state index contributed by atoms with van der Waals surface area (Å²) in [5.74, 6) is 7.05. The normalized spacial score (nSPS) is 37.9. The summed E-state index contributed by atoms with van der Waals surface area (Å²) in [6, 6.07) is 0.566. The average Bonchev–Trinajstić information content (AvgIpc) is 1.88. The number of nitrogens with one attached hydrogen (secondary N) is 1. The molecule has 68 valence electrons. The van der Waals surface area contributed by atoms with Crippen molar-refractivity contribution in [3.05, 3.63) is 0 Å². The van der Waals surface area contributed by atoms with Gasteiger partial charge in [0.15, 0.2) is 0 Å². The lowest BCUT2D eigenvalue weighted by molar-refractivity contribution is -0.00000250. The van der Waals surface area contributed by atoms with Gasteiger partial charge in [0, 0.05) is 6.04 Å². The van der Waals surface area contributed by atoms with Crippen LogP contribution in [0.25, 0.3) is 0 Å². The number of rotatable bonds is 1. The fraction of sp³-hybridized carbons (Fsp3) is 1.00. The lowest BCUT2D eigenvalue weighted by Gasteiger charge is -2.31. The summed E-state index contributed by atoms with van der Waals surface area (Å²) in [5.41, 5.74) is 2.87. The Balaban J connectivity index is 0. The Kier molecular flexibility index (Phi) is 5.06. The van der Waals surface area contributed by atoms with Gasteiger partial charge in [-0.2, -0.15) is 0 Å². The molecule has 0 aromatic heterocycles. The Morgan fingerprint density at radius 1 is 1.36 bits per heavy atom.